The van der Waals surface area contributed by atoms with E-state index in [1.54, 1.807) is 0 Å². The Morgan fingerprint density at radius 2 is 1.94 bits per heavy atom. The molecule has 90 valence electrons. The summed E-state index contributed by atoms with van der Waals surface area (Å²) in [7, 11) is 0. The molecular weight excluding hydrogens is 212 g/mol. The standard InChI is InChI=1S/C10H16N2O4/c13-8(7-12-3-5-16-6-4-12)11-10(1-2-10)9(14)15/h1-7H2,(H,11,13)(H,14,15)/p-1. The lowest BCUT2D eigenvalue weighted by atomic mass is 10.2. The van der Waals surface area contributed by atoms with Gasteiger partial charge in [0, 0.05) is 13.1 Å². The molecule has 1 aliphatic carbocycles. The van der Waals surface area contributed by atoms with Gasteiger partial charge >= 0.3 is 0 Å². The van der Waals surface area contributed by atoms with Gasteiger partial charge < -0.3 is 20.0 Å². The Kier molecular flexibility index (Phi) is 3.11. The highest BCUT2D eigenvalue weighted by Crippen LogP contribution is 2.34. The van der Waals surface area contributed by atoms with E-state index in [1.165, 1.54) is 0 Å². The van der Waals surface area contributed by atoms with Crippen LogP contribution in [0.2, 0.25) is 0 Å². The van der Waals surface area contributed by atoms with E-state index in [1.807, 2.05) is 4.90 Å². The third-order valence-corrected chi connectivity index (χ3v) is 2.99. The van der Waals surface area contributed by atoms with Gasteiger partial charge in [-0.25, -0.2) is 0 Å². The van der Waals surface area contributed by atoms with Crippen molar-refractivity contribution < 1.29 is 19.4 Å². The molecule has 16 heavy (non-hydrogen) atoms. The summed E-state index contributed by atoms with van der Waals surface area (Å²) in [6, 6.07) is 0. The summed E-state index contributed by atoms with van der Waals surface area (Å²) >= 11 is 0. The third kappa shape index (κ3) is 2.51. The van der Waals surface area contributed by atoms with Gasteiger partial charge in [0.25, 0.3) is 0 Å². The summed E-state index contributed by atoms with van der Waals surface area (Å²) in [6.45, 7) is 2.91. The van der Waals surface area contributed by atoms with E-state index in [0.717, 1.165) is 0 Å². The molecule has 0 aromatic carbocycles. The predicted octanol–water partition coefficient (Wildman–Crippen LogP) is -2.28. The molecule has 1 aliphatic heterocycles. The second-order valence-electron chi connectivity index (χ2n) is 4.31. The van der Waals surface area contributed by atoms with Crippen molar-refractivity contribution in [2.24, 2.45) is 0 Å². The van der Waals surface area contributed by atoms with Crippen LogP contribution >= 0.6 is 0 Å². The molecule has 0 radical (unpaired) electrons. The zero-order chi connectivity index (χ0) is 11.6. The van der Waals surface area contributed by atoms with Crippen LogP contribution in [0.15, 0.2) is 0 Å². The van der Waals surface area contributed by atoms with Crippen LogP contribution in [0.1, 0.15) is 12.8 Å². The molecule has 6 nitrogen and oxygen atoms in total. The van der Waals surface area contributed by atoms with Gasteiger partial charge in [-0.05, 0) is 12.8 Å². The number of ether oxygens (including phenoxy) is 1. The van der Waals surface area contributed by atoms with Gasteiger partial charge in [-0.15, -0.1) is 0 Å². The molecule has 2 fully saturated rings. The zero-order valence-corrected chi connectivity index (χ0v) is 9.03. The first-order valence-electron chi connectivity index (χ1n) is 5.45. The van der Waals surface area contributed by atoms with Crippen molar-refractivity contribution in [2.75, 3.05) is 32.8 Å². The average molecular weight is 227 g/mol. The SMILES string of the molecule is O=C(CN1CCOCC1)NC1(C(=O)[O-])CC1. The number of carbonyl (C=O) groups excluding carboxylic acids is 2. The van der Waals surface area contributed by atoms with Crippen molar-refractivity contribution >= 4 is 11.9 Å². The fraction of sp³-hybridized carbons (Fsp3) is 0.800. The molecule has 0 aromatic rings. The Bertz CT molecular complexity index is 295. The molecule has 1 saturated heterocycles. The van der Waals surface area contributed by atoms with Crippen LogP contribution in [-0.4, -0.2) is 55.2 Å². The number of hydrogen-bond acceptors (Lipinski definition) is 5. The molecule has 0 bridgehead atoms. The summed E-state index contributed by atoms with van der Waals surface area (Å²) in [6.07, 6.45) is 0.953. The molecule has 6 heteroatoms. The van der Waals surface area contributed by atoms with Gasteiger partial charge in [0.1, 0.15) is 0 Å². The number of amides is 1. The number of nitrogens with zero attached hydrogens (tertiary/aromatic N) is 1. The molecule has 1 heterocycles. The first-order valence-corrected chi connectivity index (χ1v) is 5.45. The molecule has 1 amide bonds. The number of carboxylic acids is 1. The molecular formula is C10H15N2O4-. The maximum atomic E-state index is 11.6. The van der Waals surface area contributed by atoms with E-state index < -0.39 is 11.5 Å². The molecule has 1 saturated carbocycles. The minimum absolute atomic E-state index is 0.235. The van der Waals surface area contributed by atoms with E-state index in [0.29, 0.717) is 39.1 Å². The molecule has 0 spiro atoms. The Morgan fingerprint density at radius 3 is 2.44 bits per heavy atom. The largest absolute Gasteiger partial charge is 0.548 e. The molecule has 0 aromatic heterocycles. The van der Waals surface area contributed by atoms with Crippen LogP contribution in [0.5, 0.6) is 0 Å². The zero-order valence-electron chi connectivity index (χ0n) is 9.03. The fourth-order valence-corrected chi connectivity index (χ4v) is 1.77. The second kappa shape index (κ2) is 4.39. The van der Waals surface area contributed by atoms with Crippen molar-refractivity contribution in [1.82, 2.24) is 10.2 Å². The maximum absolute atomic E-state index is 11.6. The first kappa shape index (κ1) is 11.3. The van der Waals surface area contributed by atoms with E-state index in [2.05, 4.69) is 5.32 Å². The topological polar surface area (TPSA) is 81.7 Å². The number of rotatable bonds is 4. The lowest BCUT2D eigenvalue weighted by molar-refractivity contribution is -0.310. The minimum atomic E-state index is -1.18. The van der Waals surface area contributed by atoms with Crippen LogP contribution in [0.3, 0.4) is 0 Å². The highest BCUT2D eigenvalue weighted by atomic mass is 16.5. The maximum Gasteiger partial charge on any atom is 0.234 e. The van der Waals surface area contributed by atoms with Gasteiger partial charge in [0.05, 0.1) is 31.3 Å². The molecule has 2 rings (SSSR count). The normalized spacial score (nSPS) is 23.8. The van der Waals surface area contributed by atoms with Gasteiger partial charge in [-0.2, -0.15) is 0 Å². The van der Waals surface area contributed by atoms with Crippen molar-refractivity contribution in [2.45, 2.75) is 18.4 Å². The number of nitrogens with one attached hydrogen (secondary N) is 1. The minimum Gasteiger partial charge on any atom is -0.548 e. The third-order valence-electron chi connectivity index (χ3n) is 2.99. The average Bonchev–Trinajstić information content (AvgIpc) is 3.00. The van der Waals surface area contributed by atoms with Gasteiger partial charge in [0.2, 0.25) is 5.91 Å². The van der Waals surface area contributed by atoms with Gasteiger partial charge in [0.15, 0.2) is 0 Å². The van der Waals surface area contributed by atoms with Crippen molar-refractivity contribution in [3.05, 3.63) is 0 Å². The van der Waals surface area contributed by atoms with Crippen LogP contribution in [0.4, 0.5) is 0 Å². The summed E-state index contributed by atoms with van der Waals surface area (Å²) < 4.78 is 5.16. The summed E-state index contributed by atoms with van der Waals surface area (Å²) in [5, 5.41) is 13.3. The molecule has 0 atom stereocenters. The highest BCUT2D eigenvalue weighted by molar-refractivity contribution is 5.89. The van der Waals surface area contributed by atoms with Crippen LogP contribution in [-0.2, 0) is 14.3 Å². The summed E-state index contributed by atoms with van der Waals surface area (Å²) in [5.41, 5.74) is -1.08. The van der Waals surface area contributed by atoms with Crippen molar-refractivity contribution in [3.63, 3.8) is 0 Å². The van der Waals surface area contributed by atoms with Crippen molar-refractivity contribution in [1.29, 1.82) is 0 Å². The number of carboxylic acid groups (broad SMARTS) is 1. The van der Waals surface area contributed by atoms with Crippen molar-refractivity contribution in [3.8, 4) is 0 Å². The lowest BCUT2D eigenvalue weighted by Gasteiger charge is -2.27. The quantitative estimate of drug-likeness (QED) is 0.585. The van der Waals surface area contributed by atoms with E-state index in [4.69, 9.17) is 4.74 Å². The smallest absolute Gasteiger partial charge is 0.234 e. The number of hydrogen-bond donors (Lipinski definition) is 1. The first-order chi connectivity index (χ1) is 7.62. The van der Waals surface area contributed by atoms with E-state index in [9.17, 15) is 14.7 Å². The Balaban J connectivity index is 1.78. The Labute approximate surface area is 93.6 Å². The molecule has 0 unspecified atom stereocenters. The second-order valence-corrected chi connectivity index (χ2v) is 4.31. The number of aliphatic carboxylic acids is 1. The van der Waals surface area contributed by atoms with Crippen LogP contribution < -0.4 is 10.4 Å². The fourth-order valence-electron chi connectivity index (χ4n) is 1.77. The van der Waals surface area contributed by atoms with Crippen LogP contribution in [0, 0.1) is 0 Å². The summed E-state index contributed by atoms with van der Waals surface area (Å²) in [5.74, 6) is -1.42. The Hall–Kier alpha value is -1.14. The molecule has 1 N–H and O–H groups in total. The Morgan fingerprint density at radius 1 is 1.31 bits per heavy atom. The van der Waals surface area contributed by atoms with E-state index >= 15 is 0 Å². The van der Waals surface area contributed by atoms with Crippen LogP contribution in [0.25, 0.3) is 0 Å². The number of morpholine rings is 1. The predicted molar refractivity (Wildman–Crippen MR) is 52.4 cm³/mol. The molecule has 2 aliphatic rings. The van der Waals surface area contributed by atoms with Gasteiger partial charge in [-0.1, -0.05) is 0 Å². The van der Waals surface area contributed by atoms with E-state index in [-0.39, 0.29) is 12.5 Å². The summed E-state index contributed by atoms with van der Waals surface area (Å²) in [4.78, 5) is 24.3. The monoisotopic (exact) mass is 227 g/mol. The lowest BCUT2D eigenvalue weighted by Crippen LogP contribution is -2.53. The van der Waals surface area contributed by atoms with Gasteiger partial charge in [-0.3, -0.25) is 9.69 Å². The number of carbonyl (C=O) groups is 2. The highest BCUT2D eigenvalue weighted by Gasteiger charge is 2.45.